The van der Waals surface area contributed by atoms with Crippen molar-refractivity contribution in [2.24, 2.45) is 0 Å². The van der Waals surface area contributed by atoms with Crippen molar-refractivity contribution < 1.29 is 19.1 Å². The van der Waals surface area contributed by atoms with E-state index in [2.05, 4.69) is 21.2 Å². The summed E-state index contributed by atoms with van der Waals surface area (Å²) in [7, 11) is 1.62. The molecule has 1 atom stereocenters. The van der Waals surface area contributed by atoms with E-state index in [9.17, 15) is 9.59 Å². The Balaban J connectivity index is 1.53. The fourth-order valence-electron chi connectivity index (χ4n) is 4.76. The first-order valence-corrected chi connectivity index (χ1v) is 13.3. The van der Waals surface area contributed by atoms with E-state index in [1.54, 1.807) is 12.0 Å². The average Bonchev–Trinajstić information content (AvgIpc) is 3.41. The van der Waals surface area contributed by atoms with Crippen LogP contribution in [0.2, 0.25) is 0 Å². The van der Waals surface area contributed by atoms with Crippen molar-refractivity contribution in [1.82, 2.24) is 10.2 Å². The lowest BCUT2D eigenvalue weighted by Gasteiger charge is -2.31. The monoisotopic (exact) mass is 552 g/mol. The molecule has 36 heavy (non-hydrogen) atoms. The van der Waals surface area contributed by atoms with Crippen LogP contribution >= 0.6 is 15.9 Å². The van der Waals surface area contributed by atoms with E-state index in [0.29, 0.717) is 18.7 Å². The number of ether oxygens (including phenoxy) is 2. The van der Waals surface area contributed by atoms with Gasteiger partial charge in [0.05, 0.1) is 11.6 Å². The quantitative estimate of drug-likeness (QED) is 0.342. The van der Waals surface area contributed by atoms with Crippen LogP contribution in [-0.2, 0) is 16.1 Å². The van der Waals surface area contributed by atoms with Gasteiger partial charge in [0.25, 0.3) is 5.91 Å². The van der Waals surface area contributed by atoms with Gasteiger partial charge in [-0.1, -0.05) is 62.2 Å². The first kappa shape index (κ1) is 26.0. The molecule has 6 nitrogen and oxygen atoms in total. The first-order valence-electron chi connectivity index (χ1n) is 12.5. The van der Waals surface area contributed by atoms with Crippen LogP contribution in [0.15, 0.2) is 65.1 Å². The Kier molecular flexibility index (Phi) is 8.86. The minimum atomic E-state index is -0.580. The molecule has 0 unspecified atom stereocenters. The van der Waals surface area contributed by atoms with Crippen LogP contribution in [0.5, 0.6) is 11.5 Å². The summed E-state index contributed by atoms with van der Waals surface area (Å²) in [5.41, 5.74) is 0.920. The van der Waals surface area contributed by atoms with Gasteiger partial charge in [0.15, 0.2) is 6.61 Å². The second-order valence-electron chi connectivity index (χ2n) is 9.17. The third-order valence-electron chi connectivity index (χ3n) is 6.78. The second-order valence-corrected chi connectivity index (χ2v) is 9.96. The van der Waals surface area contributed by atoms with Gasteiger partial charge in [-0.15, -0.1) is 0 Å². The summed E-state index contributed by atoms with van der Waals surface area (Å²) in [6.07, 6.45) is 4.76. The lowest BCUT2D eigenvalue weighted by atomic mass is 10.1. The molecule has 7 heteroatoms. The molecule has 1 fully saturated rings. The maximum absolute atomic E-state index is 13.5. The van der Waals surface area contributed by atoms with Crippen molar-refractivity contribution in [3.63, 3.8) is 0 Å². The molecular formula is C29H33BrN2O4. The van der Waals surface area contributed by atoms with Crippen LogP contribution in [0, 0.1) is 0 Å². The van der Waals surface area contributed by atoms with Gasteiger partial charge in [-0.3, -0.25) is 9.59 Å². The van der Waals surface area contributed by atoms with Crippen molar-refractivity contribution >= 4 is 38.5 Å². The summed E-state index contributed by atoms with van der Waals surface area (Å²) < 4.78 is 12.0. The van der Waals surface area contributed by atoms with Crippen LogP contribution in [0.1, 0.15) is 44.6 Å². The van der Waals surface area contributed by atoms with E-state index in [1.807, 2.05) is 67.6 Å². The van der Waals surface area contributed by atoms with Gasteiger partial charge in [-0.2, -0.15) is 0 Å². The smallest absolute Gasteiger partial charge is 0.261 e. The van der Waals surface area contributed by atoms with E-state index in [4.69, 9.17) is 9.47 Å². The number of benzene rings is 3. The molecule has 2 amide bonds. The third-order valence-corrected chi connectivity index (χ3v) is 7.60. The molecule has 0 heterocycles. The number of rotatable bonds is 10. The van der Waals surface area contributed by atoms with Crippen LogP contribution in [-0.4, -0.2) is 42.5 Å². The lowest BCUT2D eigenvalue weighted by Crippen LogP contribution is -2.52. The Bertz CT molecular complexity index is 1190. The zero-order valence-corrected chi connectivity index (χ0v) is 22.4. The first-order chi connectivity index (χ1) is 17.5. The molecular weight excluding hydrogens is 520 g/mol. The van der Waals surface area contributed by atoms with Crippen molar-refractivity contribution in [3.05, 3.63) is 70.7 Å². The zero-order chi connectivity index (χ0) is 25.5. The molecule has 0 spiro atoms. The normalized spacial score (nSPS) is 14.4. The minimum absolute atomic E-state index is 0.0989. The number of carbonyl (C=O) groups is 2. The van der Waals surface area contributed by atoms with Gasteiger partial charge in [-0.05, 0) is 69.7 Å². The highest BCUT2D eigenvalue weighted by Gasteiger charge is 2.31. The number of methoxy groups -OCH3 is 1. The lowest BCUT2D eigenvalue weighted by molar-refractivity contribution is -0.143. The summed E-state index contributed by atoms with van der Waals surface area (Å²) in [6, 6.07) is 19.0. The largest absolute Gasteiger partial charge is 0.497 e. The molecule has 3 aromatic carbocycles. The summed E-state index contributed by atoms with van der Waals surface area (Å²) in [6.45, 7) is 2.08. The Morgan fingerprint density at radius 2 is 1.78 bits per heavy atom. The number of carbonyl (C=O) groups excluding carboxylic acids is 2. The van der Waals surface area contributed by atoms with Gasteiger partial charge >= 0.3 is 0 Å². The number of nitrogens with one attached hydrogen (secondary N) is 1. The number of nitrogens with zero attached hydrogens (tertiary/aromatic N) is 1. The molecule has 4 rings (SSSR count). The van der Waals surface area contributed by atoms with Crippen LogP contribution in [0.4, 0.5) is 0 Å². The average molecular weight is 553 g/mol. The third kappa shape index (κ3) is 6.19. The number of hydrogen-bond acceptors (Lipinski definition) is 4. The molecule has 0 radical (unpaired) electrons. The van der Waals surface area contributed by atoms with Gasteiger partial charge in [0.1, 0.15) is 17.5 Å². The summed E-state index contributed by atoms with van der Waals surface area (Å²) in [5, 5.41) is 5.27. The standard InChI is InChI=1S/C29H33BrN2O4/c1-3-25(29(34)31-22-9-5-6-10-22)32(18-20-12-15-23(35-2)16-13-20)27(33)19-36-26-17-14-21-8-4-7-11-24(21)28(26)30/h4,7-8,11-17,22,25H,3,5-6,9-10,18-19H2,1-2H3,(H,31,34)/t25-/m0/s1. The molecule has 0 aliphatic heterocycles. The van der Waals surface area contributed by atoms with E-state index in [-0.39, 0.29) is 24.5 Å². The Morgan fingerprint density at radius 3 is 2.47 bits per heavy atom. The predicted molar refractivity (Wildman–Crippen MR) is 145 cm³/mol. The molecule has 1 saturated carbocycles. The van der Waals surface area contributed by atoms with Gasteiger partial charge in [0.2, 0.25) is 5.91 Å². The fraction of sp³-hybridized carbons (Fsp3) is 0.379. The number of fused-ring (bicyclic) bond motifs is 1. The summed E-state index contributed by atoms with van der Waals surface area (Å²) >= 11 is 3.63. The number of halogens is 1. The maximum Gasteiger partial charge on any atom is 0.261 e. The maximum atomic E-state index is 13.5. The minimum Gasteiger partial charge on any atom is -0.497 e. The van der Waals surface area contributed by atoms with Crippen molar-refractivity contribution in [2.75, 3.05) is 13.7 Å². The van der Waals surface area contributed by atoms with E-state index < -0.39 is 6.04 Å². The van der Waals surface area contributed by atoms with Crippen molar-refractivity contribution in [1.29, 1.82) is 0 Å². The fourth-order valence-corrected chi connectivity index (χ4v) is 5.37. The van der Waals surface area contributed by atoms with Gasteiger partial charge < -0.3 is 19.7 Å². The predicted octanol–water partition coefficient (Wildman–Crippen LogP) is 5.86. The molecule has 1 aliphatic rings. The highest BCUT2D eigenvalue weighted by molar-refractivity contribution is 9.10. The number of hydrogen-bond donors (Lipinski definition) is 1. The second kappa shape index (κ2) is 12.3. The SMILES string of the molecule is CC[C@@H](C(=O)NC1CCCC1)N(Cc1ccc(OC)cc1)C(=O)COc1ccc2ccccc2c1Br. The molecule has 190 valence electrons. The van der Waals surface area contributed by atoms with Gasteiger partial charge in [-0.25, -0.2) is 0 Å². The highest BCUT2D eigenvalue weighted by atomic mass is 79.9. The molecule has 1 N–H and O–H groups in total. The Hall–Kier alpha value is -3.06. The molecule has 1 aliphatic carbocycles. The summed E-state index contributed by atoms with van der Waals surface area (Å²) in [4.78, 5) is 28.5. The molecule has 0 aromatic heterocycles. The van der Waals surface area contributed by atoms with Gasteiger partial charge in [0, 0.05) is 12.6 Å². The van der Waals surface area contributed by atoms with Crippen LogP contribution < -0.4 is 14.8 Å². The van der Waals surface area contributed by atoms with E-state index in [0.717, 1.165) is 52.2 Å². The summed E-state index contributed by atoms with van der Waals surface area (Å²) in [5.74, 6) is 1.000. The van der Waals surface area contributed by atoms with E-state index >= 15 is 0 Å². The zero-order valence-electron chi connectivity index (χ0n) is 20.8. The molecule has 0 saturated heterocycles. The molecule has 0 bridgehead atoms. The van der Waals surface area contributed by atoms with E-state index in [1.165, 1.54) is 0 Å². The Morgan fingerprint density at radius 1 is 1.06 bits per heavy atom. The van der Waals surface area contributed by atoms with Crippen LogP contribution in [0.25, 0.3) is 10.8 Å². The Labute approximate surface area is 221 Å². The van der Waals surface area contributed by atoms with Crippen molar-refractivity contribution in [2.45, 2.75) is 57.7 Å². The number of amides is 2. The van der Waals surface area contributed by atoms with Crippen molar-refractivity contribution in [3.8, 4) is 11.5 Å². The van der Waals surface area contributed by atoms with Crippen LogP contribution in [0.3, 0.4) is 0 Å². The topological polar surface area (TPSA) is 67.9 Å². The molecule has 3 aromatic rings. The highest BCUT2D eigenvalue weighted by Crippen LogP contribution is 2.33.